The second-order valence-corrected chi connectivity index (χ2v) is 6.91. The number of allylic oxidation sites excluding steroid dienone is 1. The van der Waals surface area contributed by atoms with Crippen molar-refractivity contribution < 1.29 is 4.52 Å². The zero-order valence-electron chi connectivity index (χ0n) is 14.1. The lowest BCUT2D eigenvalue weighted by molar-refractivity contribution is 0.409. The molecule has 0 saturated heterocycles. The molecule has 3 aromatic heterocycles. The minimum absolute atomic E-state index is 0.142. The molecule has 0 bridgehead atoms. The molecule has 0 atom stereocenters. The third-order valence-electron chi connectivity index (χ3n) is 3.86. The highest BCUT2D eigenvalue weighted by Gasteiger charge is 2.18. The van der Waals surface area contributed by atoms with E-state index in [1.165, 1.54) is 11.3 Å². The number of rotatable bonds is 4. The quantitative estimate of drug-likeness (QED) is 0.455. The van der Waals surface area contributed by atoms with E-state index in [9.17, 15) is 5.26 Å². The van der Waals surface area contributed by atoms with Crippen molar-refractivity contribution in [3.05, 3.63) is 70.1 Å². The largest absolute Gasteiger partial charge is 0.333 e. The third kappa shape index (κ3) is 3.28. The molecule has 0 amide bonds. The number of nitrogens with zero attached hydrogens (tertiary/aromatic N) is 5. The van der Waals surface area contributed by atoms with Crippen LogP contribution in [0.4, 0.5) is 0 Å². The van der Waals surface area contributed by atoms with Crippen LogP contribution in [0.5, 0.6) is 0 Å². The maximum absolute atomic E-state index is 9.57. The highest BCUT2D eigenvalue weighted by Crippen LogP contribution is 2.29. The number of halogens is 1. The van der Waals surface area contributed by atoms with E-state index in [4.69, 9.17) is 16.1 Å². The van der Waals surface area contributed by atoms with E-state index >= 15 is 0 Å². The summed E-state index contributed by atoms with van der Waals surface area (Å²) in [6, 6.07) is 15.4. The standard InChI is InChI=1S/C19H12ClN5OS/c1-12-15(17(20)25(23-12)14-6-3-2-4-7-14)10-13(11-21)19-22-18(24-26-19)16-8-5-9-27-16/h2-10H,1H3/b13-10+. The van der Waals surface area contributed by atoms with Gasteiger partial charge in [0.1, 0.15) is 16.8 Å². The van der Waals surface area contributed by atoms with Gasteiger partial charge in [0.2, 0.25) is 5.82 Å². The molecule has 4 rings (SSSR count). The normalized spacial score (nSPS) is 11.5. The van der Waals surface area contributed by atoms with Gasteiger partial charge in [-0.25, -0.2) is 4.68 Å². The van der Waals surface area contributed by atoms with Crippen LogP contribution >= 0.6 is 22.9 Å². The highest BCUT2D eigenvalue weighted by atomic mass is 35.5. The van der Waals surface area contributed by atoms with Crippen LogP contribution in [0.3, 0.4) is 0 Å². The minimum atomic E-state index is 0.142. The van der Waals surface area contributed by atoms with Crippen LogP contribution in [0.25, 0.3) is 28.0 Å². The smallest absolute Gasteiger partial charge is 0.268 e. The van der Waals surface area contributed by atoms with Crippen LogP contribution in [-0.4, -0.2) is 19.9 Å². The van der Waals surface area contributed by atoms with Crippen LogP contribution in [0.1, 0.15) is 17.1 Å². The number of aryl methyl sites for hydroxylation is 1. The number of nitriles is 1. The summed E-state index contributed by atoms with van der Waals surface area (Å²) in [7, 11) is 0. The number of hydrogen-bond donors (Lipinski definition) is 0. The first kappa shape index (κ1) is 17.2. The SMILES string of the molecule is Cc1nn(-c2ccccc2)c(Cl)c1/C=C(\C#N)c1nc(-c2cccs2)no1. The fraction of sp³-hybridized carbons (Fsp3) is 0.0526. The Morgan fingerprint density at radius 2 is 2.07 bits per heavy atom. The van der Waals surface area contributed by atoms with E-state index in [1.807, 2.05) is 54.8 Å². The molecule has 0 fully saturated rings. The summed E-state index contributed by atoms with van der Waals surface area (Å²) in [5, 5.41) is 20.3. The van der Waals surface area contributed by atoms with Gasteiger partial charge in [0.15, 0.2) is 0 Å². The summed E-state index contributed by atoms with van der Waals surface area (Å²) in [5.41, 5.74) is 2.38. The van der Waals surface area contributed by atoms with Gasteiger partial charge in [-0.1, -0.05) is 41.0 Å². The predicted octanol–water partition coefficient (Wildman–Crippen LogP) is 5.01. The lowest BCUT2D eigenvalue weighted by Crippen LogP contribution is -1.95. The summed E-state index contributed by atoms with van der Waals surface area (Å²) in [4.78, 5) is 5.18. The van der Waals surface area contributed by atoms with Gasteiger partial charge >= 0.3 is 0 Å². The zero-order chi connectivity index (χ0) is 18.8. The van der Waals surface area contributed by atoms with E-state index < -0.39 is 0 Å². The van der Waals surface area contributed by atoms with Gasteiger partial charge in [-0.2, -0.15) is 15.3 Å². The summed E-state index contributed by atoms with van der Waals surface area (Å²) in [6.45, 7) is 1.83. The Bertz CT molecular complexity index is 1150. The zero-order valence-corrected chi connectivity index (χ0v) is 15.7. The van der Waals surface area contributed by atoms with Crippen molar-refractivity contribution in [1.29, 1.82) is 5.26 Å². The lowest BCUT2D eigenvalue weighted by atomic mass is 10.1. The molecule has 0 radical (unpaired) electrons. The molecule has 3 heterocycles. The highest BCUT2D eigenvalue weighted by molar-refractivity contribution is 7.13. The molecule has 0 aliphatic rings. The molecule has 27 heavy (non-hydrogen) atoms. The van der Waals surface area contributed by atoms with Gasteiger partial charge in [0.25, 0.3) is 5.89 Å². The molecule has 8 heteroatoms. The molecule has 4 aromatic rings. The summed E-state index contributed by atoms with van der Waals surface area (Å²) >= 11 is 8.02. The van der Waals surface area contributed by atoms with Crippen molar-refractivity contribution in [2.75, 3.05) is 0 Å². The van der Waals surface area contributed by atoms with Crippen LogP contribution in [0.2, 0.25) is 5.15 Å². The first-order valence-corrected chi connectivity index (χ1v) is 9.23. The van der Waals surface area contributed by atoms with Gasteiger partial charge in [-0.3, -0.25) is 0 Å². The first-order valence-electron chi connectivity index (χ1n) is 7.97. The van der Waals surface area contributed by atoms with Crippen LogP contribution in [0.15, 0.2) is 52.4 Å². The van der Waals surface area contributed by atoms with Crippen molar-refractivity contribution in [2.45, 2.75) is 6.92 Å². The van der Waals surface area contributed by atoms with Gasteiger partial charge in [-0.05, 0) is 36.6 Å². The number of hydrogen-bond acceptors (Lipinski definition) is 6. The molecule has 0 saturated carbocycles. The van der Waals surface area contributed by atoms with Crippen molar-refractivity contribution in [1.82, 2.24) is 19.9 Å². The number of aromatic nitrogens is 4. The number of benzene rings is 1. The topological polar surface area (TPSA) is 80.5 Å². The van der Waals surface area contributed by atoms with Crippen LogP contribution in [-0.2, 0) is 0 Å². The number of thiophene rings is 1. The van der Waals surface area contributed by atoms with Crippen molar-refractivity contribution in [2.24, 2.45) is 0 Å². The van der Waals surface area contributed by atoms with Gasteiger partial charge in [0.05, 0.1) is 16.3 Å². The Labute approximate surface area is 164 Å². The summed E-state index contributed by atoms with van der Waals surface area (Å²) < 4.78 is 6.90. The van der Waals surface area contributed by atoms with E-state index in [0.717, 1.165) is 10.6 Å². The average molecular weight is 394 g/mol. The van der Waals surface area contributed by atoms with E-state index in [0.29, 0.717) is 22.2 Å². The predicted molar refractivity (Wildman–Crippen MR) is 104 cm³/mol. The van der Waals surface area contributed by atoms with Crippen molar-refractivity contribution in [3.63, 3.8) is 0 Å². The average Bonchev–Trinajstić information content (AvgIpc) is 3.42. The Morgan fingerprint density at radius 3 is 2.78 bits per heavy atom. The lowest BCUT2D eigenvalue weighted by Gasteiger charge is -2.02. The molecule has 6 nitrogen and oxygen atoms in total. The maximum atomic E-state index is 9.57. The number of para-hydroxylation sites is 1. The third-order valence-corrected chi connectivity index (χ3v) is 5.09. The molecule has 0 spiro atoms. The van der Waals surface area contributed by atoms with Crippen molar-refractivity contribution >= 4 is 34.6 Å². The maximum Gasteiger partial charge on any atom is 0.268 e. The van der Waals surface area contributed by atoms with E-state index in [1.54, 1.807) is 10.8 Å². The Hall–Kier alpha value is -3.21. The monoisotopic (exact) mass is 393 g/mol. The molecule has 132 valence electrons. The molecule has 0 N–H and O–H groups in total. The van der Waals surface area contributed by atoms with Crippen LogP contribution in [0, 0.1) is 18.3 Å². The van der Waals surface area contributed by atoms with Crippen molar-refractivity contribution in [3.8, 4) is 22.5 Å². The molecule has 0 aliphatic carbocycles. The second-order valence-electron chi connectivity index (χ2n) is 5.61. The first-order chi connectivity index (χ1) is 13.2. The van der Waals surface area contributed by atoms with E-state index in [-0.39, 0.29) is 11.5 Å². The Kier molecular flexibility index (Phi) is 4.59. The van der Waals surface area contributed by atoms with Gasteiger partial charge in [-0.15, -0.1) is 11.3 Å². The van der Waals surface area contributed by atoms with Gasteiger partial charge in [0, 0.05) is 5.56 Å². The second kappa shape index (κ2) is 7.19. The Morgan fingerprint density at radius 1 is 1.26 bits per heavy atom. The van der Waals surface area contributed by atoms with Gasteiger partial charge < -0.3 is 4.52 Å². The fourth-order valence-electron chi connectivity index (χ4n) is 2.54. The summed E-state index contributed by atoms with van der Waals surface area (Å²) in [5.74, 6) is 0.591. The summed E-state index contributed by atoms with van der Waals surface area (Å²) in [6.07, 6.45) is 1.62. The van der Waals surface area contributed by atoms with E-state index in [2.05, 4.69) is 21.3 Å². The minimum Gasteiger partial charge on any atom is -0.333 e. The fourth-order valence-corrected chi connectivity index (χ4v) is 3.52. The molecular formula is C19H12ClN5OS. The molecular weight excluding hydrogens is 382 g/mol. The molecule has 0 unspecified atom stereocenters. The molecule has 0 aliphatic heterocycles. The Balaban J connectivity index is 1.74. The molecule has 1 aromatic carbocycles. The van der Waals surface area contributed by atoms with Crippen LogP contribution < -0.4 is 0 Å².